The van der Waals surface area contributed by atoms with E-state index in [1.807, 2.05) is 19.1 Å². The number of fused-ring (bicyclic) bond motifs is 1. The molecule has 0 saturated heterocycles. The van der Waals surface area contributed by atoms with Crippen LogP contribution in [0, 0.1) is 5.92 Å². The first kappa shape index (κ1) is 17.8. The maximum Gasteiger partial charge on any atom is 0.120 e. The summed E-state index contributed by atoms with van der Waals surface area (Å²) >= 11 is 0. The van der Waals surface area contributed by atoms with E-state index < -0.39 is 0 Å². The van der Waals surface area contributed by atoms with Crippen LogP contribution in [0.1, 0.15) is 56.9 Å². The molecule has 2 aromatic carbocycles. The second-order valence-electron chi connectivity index (χ2n) is 7.23. The lowest BCUT2D eigenvalue weighted by molar-refractivity contribution is 0.312. The molecular weight excluding hydrogens is 304 g/mol. The predicted molar refractivity (Wildman–Crippen MR) is 108 cm³/mol. The Labute approximate surface area is 152 Å². The third-order valence-electron chi connectivity index (χ3n) is 5.51. The Bertz CT molecular complexity index is 720. The van der Waals surface area contributed by atoms with Crippen molar-refractivity contribution in [1.82, 2.24) is 0 Å². The molecule has 1 heteroatoms. The molecular formula is C24H30O. The summed E-state index contributed by atoms with van der Waals surface area (Å²) in [6.07, 6.45) is 14.0. The van der Waals surface area contributed by atoms with Gasteiger partial charge in [-0.05, 0) is 85.8 Å². The smallest absolute Gasteiger partial charge is 0.120 e. The Balaban J connectivity index is 1.65. The molecule has 0 unspecified atom stereocenters. The van der Waals surface area contributed by atoms with E-state index >= 15 is 0 Å². The SMILES string of the molecule is C=CCCC1CCC(c2ccc3cc(OCC=CC)ccc3c2)CC1. The van der Waals surface area contributed by atoms with E-state index in [2.05, 4.69) is 49.1 Å². The molecule has 1 fully saturated rings. The monoisotopic (exact) mass is 334 g/mol. The van der Waals surface area contributed by atoms with E-state index in [4.69, 9.17) is 4.74 Å². The average molecular weight is 335 g/mol. The topological polar surface area (TPSA) is 9.23 Å². The summed E-state index contributed by atoms with van der Waals surface area (Å²) in [6.45, 7) is 6.50. The van der Waals surface area contributed by atoms with Crippen LogP contribution in [0.3, 0.4) is 0 Å². The lowest BCUT2D eigenvalue weighted by atomic mass is 9.77. The molecule has 25 heavy (non-hydrogen) atoms. The molecule has 1 saturated carbocycles. The molecule has 1 aliphatic rings. The number of ether oxygens (including phenoxy) is 1. The Hall–Kier alpha value is -2.02. The van der Waals surface area contributed by atoms with Gasteiger partial charge in [-0.15, -0.1) is 6.58 Å². The molecule has 0 amide bonds. The Kier molecular flexibility index (Phi) is 6.33. The highest BCUT2D eigenvalue weighted by molar-refractivity contribution is 5.84. The molecule has 1 nitrogen and oxygen atoms in total. The molecule has 3 rings (SSSR count). The van der Waals surface area contributed by atoms with Crippen LogP contribution in [-0.2, 0) is 0 Å². The van der Waals surface area contributed by atoms with Gasteiger partial charge in [0, 0.05) is 0 Å². The highest BCUT2D eigenvalue weighted by Gasteiger charge is 2.22. The molecule has 0 spiro atoms. The number of hydrogen-bond acceptors (Lipinski definition) is 1. The fourth-order valence-corrected chi connectivity index (χ4v) is 3.96. The molecule has 0 bridgehead atoms. The Morgan fingerprint density at radius 3 is 2.56 bits per heavy atom. The lowest BCUT2D eigenvalue weighted by Crippen LogP contribution is -2.13. The summed E-state index contributed by atoms with van der Waals surface area (Å²) in [5.74, 6) is 2.59. The van der Waals surface area contributed by atoms with Crippen LogP contribution in [0.5, 0.6) is 5.75 Å². The van der Waals surface area contributed by atoms with Gasteiger partial charge in [0.05, 0.1) is 0 Å². The van der Waals surface area contributed by atoms with E-state index in [0.29, 0.717) is 6.61 Å². The highest BCUT2D eigenvalue weighted by Crippen LogP contribution is 2.38. The van der Waals surface area contributed by atoms with E-state index in [9.17, 15) is 0 Å². The maximum atomic E-state index is 5.75. The van der Waals surface area contributed by atoms with Crippen molar-refractivity contribution in [3.05, 3.63) is 66.8 Å². The molecule has 0 aliphatic heterocycles. The molecule has 0 atom stereocenters. The zero-order valence-corrected chi connectivity index (χ0v) is 15.4. The number of allylic oxidation sites excluding steroid dienone is 2. The molecule has 2 aromatic rings. The van der Waals surface area contributed by atoms with Crippen molar-refractivity contribution in [1.29, 1.82) is 0 Å². The Morgan fingerprint density at radius 1 is 1.04 bits per heavy atom. The summed E-state index contributed by atoms with van der Waals surface area (Å²) in [4.78, 5) is 0. The first-order chi connectivity index (χ1) is 12.3. The van der Waals surface area contributed by atoms with E-state index in [0.717, 1.165) is 17.6 Å². The first-order valence-corrected chi connectivity index (χ1v) is 9.68. The summed E-state index contributed by atoms with van der Waals surface area (Å²) in [5, 5.41) is 2.59. The van der Waals surface area contributed by atoms with Gasteiger partial charge < -0.3 is 4.74 Å². The molecule has 132 valence electrons. The molecule has 0 aromatic heterocycles. The second kappa shape index (κ2) is 8.89. The van der Waals surface area contributed by atoms with Crippen molar-refractivity contribution in [3.8, 4) is 5.75 Å². The third-order valence-corrected chi connectivity index (χ3v) is 5.51. The normalized spacial score (nSPS) is 20.8. The fourth-order valence-electron chi connectivity index (χ4n) is 3.96. The lowest BCUT2D eigenvalue weighted by Gasteiger charge is -2.28. The molecule has 1 aliphatic carbocycles. The van der Waals surface area contributed by atoms with Crippen LogP contribution >= 0.6 is 0 Å². The van der Waals surface area contributed by atoms with Gasteiger partial charge in [-0.1, -0.05) is 42.5 Å². The van der Waals surface area contributed by atoms with Crippen molar-refractivity contribution in [2.45, 2.75) is 51.4 Å². The van der Waals surface area contributed by atoms with E-state index in [1.54, 1.807) is 0 Å². The van der Waals surface area contributed by atoms with E-state index in [1.165, 1.54) is 54.9 Å². The Morgan fingerprint density at radius 2 is 1.80 bits per heavy atom. The van der Waals surface area contributed by atoms with Gasteiger partial charge in [0.25, 0.3) is 0 Å². The van der Waals surface area contributed by atoms with Gasteiger partial charge in [-0.2, -0.15) is 0 Å². The van der Waals surface area contributed by atoms with Crippen molar-refractivity contribution < 1.29 is 4.74 Å². The molecule has 0 N–H and O–H groups in total. The summed E-state index contributed by atoms with van der Waals surface area (Å²) in [7, 11) is 0. The predicted octanol–water partition coefficient (Wildman–Crippen LogP) is 7.03. The first-order valence-electron chi connectivity index (χ1n) is 9.68. The van der Waals surface area contributed by atoms with Crippen LogP contribution in [0.2, 0.25) is 0 Å². The summed E-state index contributed by atoms with van der Waals surface area (Å²) in [6, 6.07) is 13.4. The van der Waals surface area contributed by atoms with Crippen molar-refractivity contribution in [2.75, 3.05) is 6.61 Å². The van der Waals surface area contributed by atoms with Crippen LogP contribution in [-0.4, -0.2) is 6.61 Å². The minimum atomic E-state index is 0.634. The van der Waals surface area contributed by atoms with Gasteiger partial charge in [-0.3, -0.25) is 0 Å². The van der Waals surface area contributed by atoms with Gasteiger partial charge in [0.15, 0.2) is 0 Å². The summed E-state index contributed by atoms with van der Waals surface area (Å²) in [5.41, 5.74) is 1.51. The van der Waals surface area contributed by atoms with Crippen LogP contribution < -0.4 is 4.74 Å². The molecule has 0 radical (unpaired) electrons. The standard InChI is InChI=1S/C24H30O/c1-3-5-7-19-8-10-20(11-9-19)21-12-13-23-18-24(25-16-6-4-2)15-14-22(23)17-21/h3-4,6,12-15,17-20H,1,5,7-11,16H2,2H3. The van der Waals surface area contributed by atoms with Crippen molar-refractivity contribution in [3.63, 3.8) is 0 Å². The quantitative estimate of drug-likeness (QED) is 0.494. The fraction of sp³-hybridized carbons (Fsp3) is 0.417. The van der Waals surface area contributed by atoms with Gasteiger partial charge in [0.1, 0.15) is 12.4 Å². The van der Waals surface area contributed by atoms with Crippen molar-refractivity contribution in [2.24, 2.45) is 5.92 Å². The number of benzene rings is 2. The zero-order valence-electron chi connectivity index (χ0n) is 15.4. The van der Waals surface area contributed by atoms with Crippen LogP contribution in [0.4, 0.5) is 0 Å². The third kappa shape index (κ3) is 4.75. The van der Waals surface area contributed by atoms with Crippen LogP contribution in [0.15, 0.2) is 61.2 Å². The maximum absolute atomic E-state index is 5.75. The number of rotatable bonds is 7. The van der Waals surface area contributed by atoms with Crippen LogP contribution in [0.25, 0.3) is 10.8 Å². The zero-order chi connectivity index (χ0) is 17.5. The average Bonchev–Trinajstić information content (AvgIpc) is 2.66. The van der Waals surface area contributed by atoms with Gasteiger partial charge >= 0.3 is 0 Å². The van der Waals surface area contributed by atoms with Crippen molar-refractivity contribution >= 4 is 10.8 Å². The number of hydrogen-bond donors (Lipinski definition) is 0. The minimum Gasteiger partial charge on any atom is -0.490 e. The highest BCUT2D eigenvalue weighted by atomic mass is 16.5. The van der Waals surface area contributed by atoms with Gasteiger partial charge in [-0.25, -0.2) is 0 Å². The molecule has 0 heterocycles. The summed E-state index contributed by atoms with van der Waals surface area (Å²) < 4.78 is 5.75. The van der Waals surface area contributed by atoms with E-state index in [-0.39, 0.29) is 0 Å². The van der Waals surface area contributed by atoms with Gasteiger partial charge in [0.2, 0.25) is 0 Å². The second-order valence-corrected chi connectivity index (χ2v) is 7.23. The largest absolute Gasteiger partial charge is 0.490 e. The minimum absolute atomic E-state index is 0.634.